The number of hydrogen-bond acceptors (Lipinski definition) is 3. The van der Waals surface area contributed by atoms with E-state index in [0.29, 0.717) is 19.7 Å². The van der Waals surface area contributed by atoms with Gasteiger partial charge in [0, 0.05) is 18.7 Å². The number of nitrogens with zero attached hydrogens (tertiary/aromatic N) is 1. The summed E-state index contributed by atoms with van der Waals surface area (Å²) in [6, 6.07) is 3.87. The molecule has 0 aliphatic heterocycles. The zero-order valence-corrected chi connectivity index (χ0v) is 10.5. The van der Waals surface area contributed by atoms with E-state index >= 15 is 0 Å². The predicted molar refractivity (Wildman–Crippen MR) is 65.2 cm³/mol. The number of aliphatic hydroxyl groups is 1. The third-order valence-corrected chi connectivity index (χ3v) is 2.68. The van der Waals surface area contributed by atoms with Crippen LogP contribution < -0.4 is 0 Å². The van der Waals surface area contributed by atoms with Gasteiger partial charge in [0.05, 0.1) is 19.8 Å². The Bertz CT molecular complexity index is 341. The number of ether oxygens (including phenoxy) is 1. The van der Waals surface area contributed by atoms with Crippen LogP contribution in [0.15, 0.2) is 18.2 Å². The van der Waals surface area contributed by atoms with Gasteiger partial charge in [-0.3, -0.25) is 4.90 Å². The van der Waals surface area contributed by atoms with E-state index in [2.05, 4.69) is 0 Å². The minimum Gasteiger partial charge on any atom is -0.394 e. The van der Waals surface area contributed by atoms with Gasteiger partial charge in [0.1, 0.15) is 11.6 Å². The van der Waals surface area contributed by atoms with E-state index in [1.165, 1.54) is 18.2 Å². The van der Waals surface area contributed by atoms with Gasteiger partial charge < -0.3 is 9.84 Å². The molecule has 0 aliphatic rings. The molecule has 0 aromatic heterocycles. The number of rotatable bonds is 8. The van der Waals surface area contributed by atoms with Gasteiger partial charge in [-0.05, 0) is 18.7 Å². The molecule has 0 aliphatic carbocycles. The smallest absolute Gasteiger partial charge is 0.130 e. The van der Waals surface area contributed by atoms with E-state index in [4.69, 9.17) is 9.84 Å². The molecule has 0 unspecified atom stereocenters. The van der Waals surface area contributed by atoms with Crippen molar-refractivity contribution in [2.45, 2.75) is 13.5 Å². The van der Waals surface area contributed by atoms with Crippen molar-refractivity contribution >= 4 is 0 Å². The zero-order valence-electron chi connectivity index (χ0n) is 10.5. The Morgan fingerprint density at radius 1 is 1.22 bits per heavy atom. The molecule has 0 atom stereocenters. The van der Waals surface area contributed by atoms with Gasteiger partial charge in [-0.15, -0.1) is 0 Å². The van der Waals surface area contributed by atoms with Crippen molar-refractivity contribution < 1.29 is 18.6 Å². The van der Waals surface area contributed by atoms with Crippen molar-refractivity contribution in [3.8, 4) is 0 Å². The lowest BCUT2D eigenvalue weighted by atomic mass is 10.2. The summed E-state index contributed by atoms with van der Waals surface area (Å²) >= 11 is 0. The highest BCUT2D eigenvalue weighted by atomic mass is 19.1. The average Bonchev–Trinajstić information content (AvgIpc) is 2.36. The fraction of sp³-hybridized carbons (Fsp3) is 0.538. The van der Waals surface area contributed by atoms with Crippen LogP contribution in [0.5, 0.6) is 0 Å². The Hall–Kier alpha value is -1.04. The van der Waals surface area contributed by atoms with Crippen LogP contribution in [0, 0.1) is 11.6 Å². The molecule has 1 N–H and O–H groups in total. The van der Waals surface area contributed by atoms with E-state index < -0.39 is 11.6 Å². The highest BCUT2D eigenvalue weighted by Crippen LogP contribution is 2.14. The minimum absolute atomic E-state index is 0.0198. The van der Waals surface area contributed by atoms with Crippen LogP contribution in [0.25, 0.3) is 0 Å². The Morgan fingerprint density at radius 2 is 1.89 bits per heavy atom. The molecule has 0 radical (unpaired) electrons. The van der Waals surface area contributed by atoms with Crippen molar-refractivity contribution in [2.75, 3.05) is 32.9 Å². The van der Waals surface area contributed by atoms with Crippen molar-refractivity contribution in [1.29, 1.82) is 0 Å². The molecule has 1 aromatic rings. The summed E-state index contributed by atoms with van der Waals surface area (Å²) in [6.45, 7) is 4.09. The Kier molecular flexibility index (Phi) is 6.78. The van der Waals surface area contributed by atoms with E-state index in [-0.39, 0.29) is 25.3 Å². The standard InChI is InChI=1S/C13H19F2NO2/c1-2-16(6-8-18-9-7-17)10-11-12(14)4-3-5-13(11)15/h3-5,17H,2,6-10H2,1H3. The zero-order chi connectivity index (χ0) is 13.4. The van der Waals surface area contributed by atoms with Gasteiger partial charge in [-0.25, -0.2) is 8.78 Å². The predicted octanol–water partition coefficient (Wildman–Crippen LogP) is 1.80. The highest BCUT2D eigenvalue weighted by molar-refractivity contribution is 5.19. The van der Waals surface area contributed by atoms with Crippen molar-refractivity contribution in [2.24, 2.45) is 0 Å². The Labute approximate surface area is 106 Å². The van der Waals surface area contributed by atoms with E-state index in [9.17, 15) is 8.78 Å². The second kappa shape index (κ2) is 8.13. The maximum absolute atomic E-state index is 13.5. The SMILES string of the molecule is CCN(CCOCCO)Cc1c(F)cccc1F. The van der Waals surface area contributed by atoms with Crippen LogP contribution >= 0.6 is 0 Å². The van der Waals surface area contributed by atoms with Crippen molar-refractivity contribution in [3.63, 3.8) is 0 Å². The average molecular weight is 259 g/mol. The summed E-state index contributed by atoms with van der Waals surface area (Å²) in [5, 5.41) is 8.56. The maximum atomic E-state index is 13.5. The van der Waals surface area contributed by atoms with Gasteiger partial charge in [-0.2, -0.15) is 0 Å². The Morgan fingerprint density at radius 3 is 2.44 bits per heavy atom. The summed E-state index contributed by atoms with van der Waals surface area (Å²) in [5.74, 6) is -1.05. The molecule has 1 aromatic carbocycles. The van der Waals surface area contributed by atoms with Crippen molar-refractivity contribution in [1.82, 2.24) is 4.90 Å². The molecule has 0 bridgehead atoms. The lowest BCUT2D eigenvalue weighted by molar-refractivity contribution is 0.0727. The summed E-state index contributed by atoms with van der Waals surface area (Å²) in [4.78, 5) is 1.89. The monoisotopic (exact) mass is 259 g/mol. The summed E-state index contributed by atoms with van der Waals surface area (Å²) in [6.07, 6.45) is 0. The molecule has 0 spiro atoms. The molecule has 5 heteroatoms. The number of hydrogen-bond donors (Lipinski definition) is 1. The van der Waals surface area contributed by atoms with Crippen LogP contribution in [0.2, 0.25) is 0 Å². The lowest BCUT2D eigenvalue weighted by Gasteiger charge is -2.20. The molecule has 0 heterocycles. The number of halogens is 2. The molecule has 3 nitrogen and oxygen atoms in total. The van der Waals surface area contributed by atoms with Crippen molar-refractivity contribution in [3.05, 3.63) is 35.4 Å². The lowest BCUT2D eigenvalue weighted by Crippen LogP contribution is -2.28. The third kappa shape index (κ3) is 4.68. The molecule has 0 amide bonds. The summed E-state index contributed by atoms with van der Waals surface area (Å²) < 4.78 is 32.1. The second-order valence-corrected chi connectivity index (χ2v) is 3.90. The van der Waals surface area contributed by atoms with Gasteiger partial charge in [0.25, 0.3) is 0 Å². The first-order valence-electron chi connectivity index (χ1n) is 6.02. The van der Waals surface area contributed by atoms with Crippen LogP contribution in [-0.4, -0.2) is 42.9 Å². The molecule has 18 heavy (non-hydrogen) atoms. The van der Waals surface area contributed by atoms with Crippen LogP contribution in [-0.2, 0) is 11.3 Å². The fourth-order valence-electron chi connectivity index (χ4n) is 1.62. The normalized spacial score (nSPS) is 11.2. The van der Waals surface area contributed by atoms with Crippen LogP contribution in [0.3, 0.4) is 0 Å². The topological polar surface area (TPSA) is 32.7 Å². The molecule has 0 saturated heterocycles. The molecule has 102 valence electrons. The van der Waals surface area contributed by atoms with E-state index in [1.807, 2.05) is 11.8 Å². The van der Waals surface area contributed by atoms with Crippen LogP contribution in [0.1, 0.15) is 12.5 Å². The number of benzene rings is 1. The van der Waals surface area contributed by atoms with Gasteiger partial charge in [0.15, 0.2) is 0 Å². The molecular weight excluding hydrogens is 240 g/mol. The first-order valence-corrected chi connectivity index (χ1v) is 6.02. The molecule has 0 fully saturated rings. The summed E-state index contributed by atoms with van der Waals surface area (Å²) in [5.41, 5.74) is 0.0847. The van der Waals surface area contributed by atoms with Gasteiger partial charge in [0.2, 0.25) is 0 Å². The summed E-state index contributed by atoms with van der Waals surface area (Å²) in [7, 11) is 0. The van der Waals surface area contributed by atoms with Gasteiger partial charge in [-0.1, -0.05) is 13.0 Å². The van der Waals surface area contributed by atoms with E-state index in [0.717, 1.165) is 0 Å². The Balaban J connectivity index is 2.52. The van der Waals surface area contributed by atoms with Gasteiger partial charge >= 0.3 is 0 Å². The fourth-order valence-corrected chi connectivity index (χ4v) is 1.62. The maximum Gasteiger partial charge on any atom is 0.130 e. The molecule has 1 rings (SSSR count). The number of likely N-dealkylation sites (N-methyl/N-ethyl adjacent to an activating group) is 1. The first-order chi connectivity index (χ1) is 8.69. The quantitative estimate of drug-likeness (QED) is 0.723. The molecular formula is C13H19F2NO2. The third-order valence-electron chi connectivity index (χ3n) is 2.68. The second-order valence-electron chi connectivity index (χ2n) is 3.90. The number of aliphatic hydroxyl groups excluding tert-OH is 1. The first kappa shape index (κ1) is 15.0. The molecule has 0 saturated carbocycles. The minimum atomic E-state index is -0.523. The largest absolute Gasteiger partial charge is 0.394 e. The van der Waals surface area contributed by atoms with E-state index in [1.54, 1.807) is 0 Å². The van der Waals surface area contributed by atoms with Crippen LogP contribution in [0.4, 0.5) is 8.78 Å². The highest BCUT2D eigenvalue weighted by Gasteiger charge is 2.12.